The highest BCUT2D eigenvalue weighted by Crippen LogP contribution is 2.15. The van der Waals surface area contributed by atoms with Crippen LogP contribution in [0.25, 0.3) is 0 Å². The van der Waals surface area contributed by atoms with Crippen LogP contribution in [0.1, 0.15) is 19.8 Å². The molecule has 1 atom stereocenters. The average molecular weight is 211 g/mol. The summed E-state index contributed by atoms with van der Waals surface area (Å²) in [5, 5.41) is 12.1. The Kier molecular flexibility index (Phi) is 4.52. The Morgan fingerprint density at radius 3 is 2.53 bits per heavy atom. The number of nitriles is 1. The van der Waals surface area contributed by atoms with Crippen molar-refractivity contribution in [2.75, 3.05) is 33.8 Å². The molecule has 4 nitrogen and oxygen atoms in total. The second-order valence-electron chi connectivity index (χ2n) is 4.41. The van der Waals surface area contributed by atoms with Crippen LogP contribution in [-0.2, 0) is 4.74 Å². The fraction of sp³-hybridized carbons (Fsp3) is 0.909. The highest BCUT2D eigenvalue weighted by molar-refractivity contribution is 5.05. The van der Waals surface area contributed by atoms with Gasteiger partial charge in [-0.25, -0.2) is 0 Å². The van der Waals surface area contributed by atoms with E-state index < -0.39 is 5.54 Å². The fourth-order valence-corrected chi connectivity index (χ4v) is 1.92. The number of nitrogens with one attached hydrogen (secondary N) is 1. The lowest BCUT2D eigenvalue weighted by atomic mass is 10.0. The maximum atomic E-state index is 9.05. The monoisotopic (exact) mass is 211 g/mol. The van der Waals surface area contributed by atoms with Crippen molar-refractivity contribution in [2.45, 2.75) is 31.4 Å². The van der Waals surface area contributed by atoms with Crippen molar-refractivity contribution in [1.29, 1.82) is 5.26 Å². The zero-order valence-corrected chi connectivity index (χ0v) is 9.92. The van der Waals surface area contributed by atoms with Crippen LogP contribution in [0.15, 0.2) is 0 Å². The van der Waals surface area contributed by atoms with Crippen LogP contribution in [0, 0.1) is 11.3 Å². The molecule has 1 heterocycles. The van der Waals surface area contributed by atoms with Gasteiger partial charge >= 0.3 is 0 Å². The molecule has 1 aliphatic heterocycles. The third-order valence-electron chi connectivity index (χ3n) is 3.21. The summed E-state index contributed by atoms with van der Waals surface area (Å²) in [7, 11) is 3.61. The molecule has 86 valence electrons. The Balaban J connectivity index is 2.39. The van der Waals surface area contributed by atoms with E-state index in [4.69, 9.17) is 10.00 Å². The van der Waals surface area contributed by atoms with Gasteiger partial charge in [0.1, 0.15) is 5.54 Å². The van der Waals surface area contributed by atoms with Gasteiger partial charge in [0.2, 0.25) is 0 Å². The average Bonchev–Trinajstić information content (AvgIpc) is 2.30. The van der Waals surface area contributed by atoms with E-state index in [-0.39, 0.29) is 0 Å². The molecule has 0 amide bonds. The van der Waals surface area contributed by atoms with Crippen molar-refractivity contribution >= 4 is 0 Å². The van der Waals surface area contributed by atoms with Crippen molar-refractivity contribution in [3.8, 4) is 6.07 Å². The molecule has 0 bridgehead atoms. The molecular weight excluding hydrogens is 190 g/mol. The summed E-state index contributed by atoms with van der Waals surface area (Å²) < 4.78 is 5.31. The maximum Gasteiger partial charge on any atom is 0.116 e. The first-order valence-corrected chi connectivity index (χ1v) is 5.49. The molecule has 15 heavy (non-hydrogen) atoms. The highest BCUT2D eigenvalue weighted by Gasteiger charge is 2.27. The fourth-order valence-electron chi connectivity index (χ4n) is 1.92. The van der Waals surface area contributed by atoms with Gasteiger partial charge in [-0.15, -0.1) is 0 Å². The molecule has 1 aliphatic rings. The standard InChI is InChI=1S/C11H21N3O/c1-11(8-12,13-2)9-14-6-4-10(15-3)5-7-14/h10,13H,4-7,9H2,1-3H3. The molecule has 1 N–H and O–H groups in total. The summed E-state index contributed by atoms with van der Waals surface area (Å²) in [5.41, 5.74) is -0.431. The van der Waals surface area contributed by atoms with E-state index in [2.05, 4.69) is 16.3 Å². The minimum absolute atomic E-state index is 0.407. The van der Waals surface area contributed by atoms with Crippen LogP contribution in [-0.4, -0.2) is 50.3 Å². The first-order valence-electron chi connectivity index (χ1n) is 5.49. The molecule has 0 aromatic heterocycles. The Morgan fingerprint density at radius 1 is 1.53 bits per heavy atom. The number of likely N-dealkylation sites (tertiary alicyclic amines) is 1. The lowest BCUT2D eigenvalue weighted by molar-refractivity contribution is 0.0365. The number of likely N-dealkylation sites (N-methyl/N-ethyl adjacent to an activating group) is 1. The summed E-state index contributed by atoms with van der Waals surface area (Å²) in [6, 6.07) is 2.32. The number of hydrogen-bond donors (Lipinski definition) is 1. The molecule has 1 unspecified atom stereocenters. The smallest absolute Gasteiger partial charge is 0.116 e. The molecule has 0 aromatic carbocycles. The molecule has 0 spiro atoms. The second-order valence-corrected chi connectivity index (χ2v) is 4.41. The Labute approximate surface area is 92.2 Å². The SMILES string of the molecule is CNC(C)(C#N)CN1CCC(OC)CC1. The summed E-state index contributed by atoms with van der Waals surface area (Å²) in [5.74, 6) is 0. The van der Waals surface area contributed by atoms with Gasteiger partial charge in [-0.05, 0) is 26.8 Å². The summed E-state index contributed by atoms with van der Waals surface area (Å²) in [6.45, 7) is 4.78. The van der Waals surface area contributed by atoms with E-state index in [0.29, 0.717) is 6.10 Å². The number of methoxy groups -OCH3 is 1. The van der Waals surface area contributed by atoms with E-state index in [9.17, 15) is 0 Å². The summed E-state index contributed by atoms with van der Waals surface area (Å²) in [6.07, 6.45) is 2.55. The quantitative estimate of drug-likeness (QED) is 0.739. The van der Waals surface area contributed by atoms with Crippen molar-refractivity contribution in [3.63, 3.8) is 0 Å². The van der Waals surface area contributed by atoms with Crippen molar-refractivity contribution < 1.29 is 4.74 Å². The van der Waals surface area contributed by atoms with E-state index in [1.54, 1.807) is 7.11 Å². The zero-order chi connectivity index (χ0) is 11.3. The topological polar surface area (TPSA) is 48.3 Å². The van der Waals surface area contributed by atoms with E-state index >= 15 is 0 Å². The van der Waals surface area contributed by atoms with Gasteiger partial charge in [0.05, 0.1) is 12.2 Å². The molecule has 0 saturated carbocycles. The summed E-state index contributed by atoms with van der Waals surface area (Å²) >= 11 is 0. The second kappa shape index (κ2) is 5.45. The predicted molar refractivity (Wildman–Crippen MR) is 59.5 cm³/mol. The molecule has 0 aromatic rings. The summed E-state index contributed by atoms with van der Waals surface area (Å²) in [4.78, 5) is 2.33. The maximum absolute atomic E-state index is 9.05. The van der Waals surface area contributed by atoms with Crippen molar-refractivity contribution in [2.24, 2.45) is 0 Å². The third kappa shape index (κ3) is 3.45. The van der Waals surface area contributed by atoms with Gasteiger partial charge < -0.3 is 15.0 Å². The molecule has 0 aliphatic carbocycles. The van der Waals surface area contributed by atoms with Gasteiger partial charge in [-0.2, -0.15) is 5.26 Å². The zero-order valence-electron chi connectivity index (χ0n) is 9.92. The van der Waals surface area contributed by atoms with Gasteiger partial charge in [-0.1, -0.05) is 0 Å². The number of ether oxygens (including phenoxy) is 1. The molecule has 1 fully saturated rings. The Morgan fingerprint density at radius 2 is 2.13 bits per heavy atom. The van der Waals surface area contributed by atoms with Crippen LogP contribution in [0.3, 0.4) is 0 Å². The van der Waals surface area contributed by atoms with Crippen LogP contribution in [0.4, 0.5) is 0 Å². The number of hydrogen-bond acceptors (Lipinski definition) is 4. The minimum Gasteiger partial charge on any atom is -0.381 e. The minimum atomic E-state index is -0.431. The van der Waals surface area contributed by atoms with Gasteiger partial charge in [0.25, 0.3) is 0 Å². The largest absolute Gasteiger partial charge is 0.381 e. The van der Waals surface area contributed by atoms with E-state index in [1.807, 2.05) is 14.0 Å². The van der Waals surface area contributed by atoms with Gasteiger partial charge in [-0.3, -0.25) is 0 Å². The first-order chi connectivity index (χ1) is 7.13. The van der Waals surface area contributed by atoms with Crippen LogP contribution in [0.2, 0.25) is 0 Å². The lowest BCUT2D eigenvalue weighted by Gasteiger charge is -2.35. The third-order valence-corrected chi connectivity index (χ3v) is 3.21. The van der Waals surface area contributed by atoms with E-state index in [0.717, 1.165) is 32.5 Å². The molecule has 1 rings (SSSR count). The molecule has 0 radical (unpaired) electrons. The van der Waals surface area contributed by atoms with Gasteiger partial charge in [0, 0.05) is 26.7 Å². The Bertz CT molecular complexity index is 230. The number of nitrogens with zero attached hydrogens (tertiary/aromatic N) is 2. The molecular formula is C11H21N3O. The predicted octanol–water partition coefficient (Wildman–Crippen LogP) is 0.599. The molecule has 4 heteroatoms. The number of piperidine rings is 1. The first kappa shape index (κ1) is 12.4. The number of rotatable bonds is 4. The molecule has 1 saturated heterocycles. The van der Waals surface area contributed by atoms with Gasteiger partial charge in [0.15, 0.2) is 0 Å². The van der Waals surface area contributed by atoms with Crippen molar-refractivity contribution in [1.82, 2.24) is 10.2 Å². The van der Waals surface area contributed by atoms with Crippen LogP contribution < -0.4 is 5.32 Å². The van der Waals surface area contributed by atoms with Crippen LogP contribution in [0.5, 0.6) is 0 Å². The van der Waals surface area contributed by atoms with E-state index in [1.165, 1.54) is 0 Å². The normalized spacial score (nSPS) is 23.3. The van der Waals surface area contributed by atoms with Crippen LogP contribution >= 0.6 is 0 Å². The van der Waals surface area contributed by atoms with Crippen molar-refractivity contribution in [3.05, 3.63) is 0 Å². The Hall–Kier alpha value is -0.630. The highest BCUT2D eigenvalue weighted by atomic mass is 16.5. The lowest BCUT2D eigenvalue weighted by Crippen LogP contribution is -2.51.